The molecule has 0 N–H and O–H groups in total. The summed E-state index contributed by atoms with van der Waals surface area (Å²) in [5, 5.41) is 0. The average Bonchev–Trinajstić information content (AvgIpc) is 3.02. The molecule has 2 fully saturated rings. The summed E-state index contributed by atoms with van der Waals surface area (Å²) in [5.74, 6) is 0.0422. The van der Waals surface area contributed by atoms with Crippen LogP contribution in [0.25, 0.3) is 0 Å². The van der Waals surface area contributed by atoms with E-state index in [1.165, 1.54) is 20.4 Å². The number of carbonyl (C=O) groups is 3. The van der Waals surface area contributed by atoms with Gasteiger partial charge < -0.3 is 9.80 Å². The first kappa shape index (κ1) is 22.2. The minimum atomic E-state index is -0.465. The second kappa shape index (κ2) is 8.61. The number of hydrogen-bond acceptors (Lipinski definition) is 6. The van der Waals surface area contributed by atoms with E-state index in [2.05, 4.69) is 40.1 Å². The fraction of sp³-hybridized carbons (Fsp3) is 0.423. The van der Waals surface area contributed by atoms with Crippen molar-refractivity contribution in [3.8, 4) is 0 Å². The van der Waals surface area contributed by atoms with E-state index < -0.39 is 5.41 Å². The van der Waals surface area contributed by atoms with Crippen molar-refractivity contribution in [2.45, 2.75) is 42.4 Å². The summed E-state index contributed by atoms with van der Waals surface area (Å²) in [6.07, 6.45) is 2.86. The summed E-state index contributed by atoms with van der Waals surface area (Å²) >= 11 is 1.75. The minimum absolute atomic E-state index is 0.00690. The molecule has 0 radical (unpaired) electrons. The number of likely N-dealkylation sites (tertiary alicyclic amines) is 2. The zero-order chi connectivity index (χ0) is 23.2. The number of para-hydroxylation sites is 1. The minimum Gasteiger partial charge on any atom is -0.340 e. The van der Waals surface area contributed by atoms with Gasteiger partial charge in [-0.15, -0.1) is 0 Å². The molecule has 0 saturated carbocycles. The number of ketones is 1. The highest BCUT2D eigenvalue weighted by Gasteiger charge is 2.51. The lowest BCUT2D eigenvalue weighted by molar-refractivity contribution is -0.141. The molecular weight excluding hydrogens is 434 g/mol. The van der Waals surface area contributed by atoms with Crippen molar-refractivity contribution in [2.24, 2.45) is 5.41 Å². The molecule has 7 heteroatoms. The molecule has 3 heterocycles. The molecule has 0 aromatic heterocycles. The van der Waals surface area contributed by atoms with Crippen molar-refractivity contribution >= 4 is 40.7 Å². The summed E-state index contributed by atoms with van der Waals surface area (Å²) in [4.78, 5) is 45.1. The zero-order valence-corrected chi connectivity index (χ0v) is 20.0. The van der Waals surface area contributed by atoms with Crippen LogP contribution in [0, 0.1) is 5.41 Å². The van der Waals surface area contributed by atoms with Gasteiger partial charge in [0.15, 0.2) is 5.78 Å². The van der Waals surface area contributed by atoms with Crippen molar-refractivity contribution in [3.63, 3.8) is 0 Å². The lowest BCUT2D eigenvalue weighted by atomic mass is 9.77. The number of hydrogen-bond donors (Lipinski definition) is 0. The largest absolute Gasteiger partial charge is 0.340 e. The van der Waals surface area contributed by atoms with Gasteiger partial charge in [0, 0.05) is 35.4 Å². The number of piperidine rings is 1. The number of rotatable bonds is 5. The molecule has 0 aliphatic carbocycles. The van der Waals surface area contributed by atoms with E-state index in [1.54, 1.807) is 25.7 Å². The molecule has 5 rings (SSSR count). The van der Waals surface area contributed by atoms with Crippen LogP contribution in [0.15, 0.2) is 52.3 Å². The number of amides is 2. The summed E-state index contributed by atoms with van der Waals surface area (Å²) in [5.41, 5.74) is 2.56. The van der Waals surface area contributed by atoms with Crippen LogP contribution in [0.1, 0.15) is 43.0 Å². The summed E-state index contributed by atoms with van der Waals surface area (Å²) in [6, 6.07) is 14.4. The Bertz CT molecular complexity index is 1120. The van der Waals surface area contributed by atoms with Crippen LogP contribution >= 0.6 is 11.8 Å². The van der Waals surface area contributed by atoms with Crippen LogP contribution in [0.4, 0.5) is 11.4 Å². The molecular formula is C26H29N3O3S. The lowest BCUT2D eigenvalue weighted by Crippen LogP contribution is -2.44. The van der Waals surface area contributed by atoms with E-state index in [-0.39, 0.29) is 17.6 Å². The van der Waals surface area contributed by atoms with E-state index in [0.717, 1.165) is 56.7 Å². The summed E-state index contributed by atoms with van der Waals surface area (Å²) in [7, 11) is 1.61. The molecule has 0 atom stereocenters. The highest BCUT2D eigenvalue weighted by atomic mass is 32.2. The second-order valence-electron chi connectivity index (χ2n) is 9.37. The predicted molar refractivity (Wildman–Crippen MR) is 129 cm³/mol. The van der Waals surface area contributed by atoms with E-state index >= 15 is 0 Å². The number of nitrogens with zero attached hydrogens (tertiary/aromatic N) is 3. The fourth-order valence-corrected chi connectivity index (χ4v) is 6.37. The van der Waals surface area contributed by atoms with Crippen LogP contribution in [0.5, 0.6) is 0 Å². The number of fused-ring (bicyclic) bond motifs is 2. The van der Waals surface area contributed by atoms with Gasteiger partial charge in [0.2, 0.25) is 11.8 Å². The zero-order valence-electron chi connectivity index (χ0n) is 19.2. The first-order valence-electron chi connectivity index (χ1n) is 11.6. The highest BCUT2D eigenvalue weighted by Crippen LogP contribution is 2.48. The van der Waals surface area contributed by atoms with E-state index in [4.69, 9.17) is 0 Å². The monoisotopic (exact) mass is 463 g/mol. The number of Topliss-reactive ketones (excluding diaryl/α,β-unsaturated/α-hetero) is 1. The van der Waals surface area contributed by atoms with Crippen LogP contribution in [0.2, 0.25) is 0 Å². The van der Waals surface area contributed by atoms with E-state index in [1.807, 2.05) is 12.1 Å². The molecule has 0 unspecified atom stereocenters. The Morgan fingerprint density at radius 2 is 1.73 bits per heavy atom. The molecule has 6 nitrogen and oxygen atoms in total. The maximum atomic E-state index is 12.6. The van der Waals surface area contributed by atoms with E-state index in [0.29, 0.717) is 6.42 Å². The molecule has 0 bridgehead atoms. The topological polar surface area (TPSA) is 60.9 Å². The number of benzene rings is 2. The van der Waals surface area contributed by atoms with Gasteiger partial charge in [-0.3, -0.25) is 19.3 Å². The molecule has 3 aliphatic rings. The highest BCUT2D eigenvalue weighted by molar-refractivity contribution is 7.99. The van der Waals surface area contributed by atoms with Gasteiger partial charge in [-0.05, 0) is 70.1 Å². The van der Waals surface area contributed by atoms with Gasteiger partial charge in [0.25, 0.3) is 0 Å². The maximum Gasteiger partial charge on any atom is 0.235 e. The SMILES string of the molecule is CC(=O)c1ccc2c(c1)N(CCCN1CCC3(CC1)CC(=O)N(C)C3=O)c1ccccc1S2. The Kier molecular flexibility index (Phi) is 5.79. The molecule has 2 saturated heterocycles. The molecule has 2 aromatic rings. The standard InChI is InChI=1S/C26H29N3O3S/c1-18(30)19-8-9-23-21(16-19)29(20-6-3-4-7-22(20)33-23)13-5-12-28-14-10-26(11-15-28)17-24(31)27(2)25(26)32/h3-4,6-9,16H,5,10-15,17H2,1-2H3. The Hall–Kier alpha value is -2.64. The lowest BCUT2D eigenvalue weighted by Gasteiger charge is -2.38. The fourth-order valence-electron chi connectivity index (χ4n) is 5.29. The van der Waals surface area contributed by atoms with Crippen LogP contribution in [0.3, 0.4) is 0 Å². The smallest absolute Gasteiger partial charge is 0.235 e. The molecule has 172 valence electrons. The first-order valence-corrected chi connectivity index (χ1v) is 12.4. The van der Waals surface area contributed by atoms with Crippen molar-refractivity contribution < 1.29 is 14.4 Å². The predicted octanol–water partition coefficient (Wildman–Crippen LogP) is 4.35. The van der Waals surface area contributed by atoms with Crippen LogP contribution < -0.4 is 4.90 Å². The van der Waals surface area contributed by atoms with Gasteiger partial charge >= 0.3 is 0 Å². The van der Waals surface area contributed by atoms with Gasteiger partial charge in [0.1, 0.15) is 0 Å². The quantitative estimate of drug-likeness (QED) is 0.485. The van der Waals surface area contributed by atoms with Gasteiger partial charge in [-0.2, -0.15) is 0 Å². The normalized spacial score (nSPS) is 19.7. The number of imide groups is 1. The van der Waals surface area contributed by atoms with Crippen LogP contribution in [-0.4, -0.2) is 60.6 Å². The van der Waals surface area contributed by atoms with E-state index in [9.17, 15) is 14.4 Å². The number of carbonyl (C=O) groups excluding carboxylic acids is 3. The van der Waals surface area contributed by atoms with Crippen LogP contribution in [-0.2, 0) is 9.59 Å². The van der Waals surface area contributed by atoms with Crippen molar-refractivity contribution in [1.82, 2.24) is 9.80 Å². The summed E-state index contributed by atoms with van der Waals surface area (Å²) in [6.45, 7) is 5.11. The number of anilines is 2. The average molecular weight is 464 g/mol. The molecule has 2 aromatic carbocycles. The Balaban J connectivity index is 1.26. The molecule has 2 amide bonds. The third-order valence-electron chi connectivity index (χ3n) is 7.32. The Morgan fingerprint density at radius 3 is 2.42 bits per heavy atom. The van der Waals surface area contributed by atoms with Gasteiger partial charge in [-0.1, -0.05) is 30.0 Å². The molecule has 33 heavy (non-hydrogen) atoms. The van der Waals surface area contributed by atoms with Crippen molar-refractivity contribution in [3.05, 3.63) is 48.0 Å². The Morgan fingerprint density at radius 1 is 1.00 bits per heavy atom. The third-order valence-corrected chi connectivity index (χ3v) is 8.45. The second-order valence-corrected chi connectivity index (χ2v) is 10.5. The summed E-state index contributed by atoms with van der Waals surface area (Å²) < 4.78 is 0. The molecule has 1 spiro atoms. The first-order chi connectivity index (χ1) is 15.9. The molecule has 3 aliphatic heterocycles. The van der Waals surface area contributed by atoms with Crippen molar-refractivity contribution in [1.29, 1.82) is 0 Å². The maximum absolute atomic E-state index is 12.6. The van der Waals surface area contributed by atoms with Gasteiger partial charge in [0.05, 0.1) is 16.8 Å². The Labute approximate surface area is 198 Å². The van der Waals surface area contributed by atoms with Crippen molar-refractivity contribution in [2.75, 3.05) is 38.1 Å². The third kappa shape index (κ3) is 3.97. The van der Waals surface area contributed by atoms with Gasteiger partial charge in [-0.25, -0.2) is 0 Å².